The third kappa shape index (κ3) is 5.61. The molecule has 11 nitrogen and oxygen atoms in total. The molecule has 1 aromatic carbocycles. The van der Waals surface area contributed by atoms with Gasteiger partial charge >= 0.3 is 5.69 Å². The number of nitrogens with one attached hydrogen (secondary N) is 2. The van der Waals surface area contributed by atoms with E-state index < -0.39 is 39.5 Å². The summed E-state index contributed by atoms with van der Waals surface area (Å²) in [5.74, 6) is -0.831. The zero-order valence-electron chi connectivity index (χ0n) is 24.4. The molecule has 3 N–H and O–H groups in total. The van der Waals surface area contributed by atoms with Crippen molar-refractivity contribution in [3.8, 4) is 5.88 Å². The molecule has 1 aliphatic heterocycles. The van der Waals surface area contributed by atoms with Gasteiger partial charge in [0, 0.05) is 50.6 Å². The molecule has 0 bridgehead atoms. The zero-order valence-corrected chi connectivity index (χ0v) is 25.2. The van der Waals surface area contributed by atoms with Crippen LogP contribution < -0.4 is 26.6 Å². The van der Waals surface area contributed by atoms with E-state index in [9.17, 15) is 19.5 Å². The van der Waals surface area contributed by atoms with Gasteiger partial charge in [-0.25, -0.2) is 14.2 Å². The number of aliphatic hydroxyl groups is 1. The predicted molar refractivity (Wildman–Crippen MR) is 162 cm³/mol. The lowest BCUT2D eigenvalue weighted by Gasteiger charge is -2.43. The number of alkyl halides is 2. The zero-order chi connectivity index (χ0) is 31.6. The molecule has 3 aromatic rings. The molecule has 1 saturated heterocycles. The second-order valence-corrected chi connectivity index (χ2v) is 11.2. The molecule has 13 heteroatoms. The Morgan fingerprint density at radius 2 is 1.98 bits per heavy atom. The van der Waals surface area contributed by atoms with Gasteiger partial charge in [-0.05, 0) is 24.1 Å². The highest BCUT2D eigenvalue weighted by atomic mass is 35.5. The van der Waals surface area contributed by atoms with E-state index >= 15 is 4.39 Å². The van der Waals surface area contributed by atoms with Crippen LogP contribution in [-0.4, -0.2) is 62.7 Å². The molecule has 2 unspecified atom stereocenters. The summed E-state index contributed by atoms with van der Waals surface area (Å²) in [7, 11) is 4.05. The first-order chi connectivity index (χ1) is 21.0. The Balaban J connectivity index is 1.59. The first-order valence-electron chi connectivity index (χ1n) is 14.0. The number of aromatic nitrogens is 3. The summed E-state index contributed by atoms with van der Waals surface area (Å²) < 4.78 is 30.1. The number of hydrogen-bond donors (Lipinski definition) is 3. The van der Waals surface area contributed by atoms with Gasteiger partial charge in [0.05, 0.1) is 25.5 Å². The monoisotopic (exact) mass is 625 g/mol. The summed E-state index contributed by atoms with van der Waals surface area (Å²) in [5.41, 5.74) is -2.90. The summed E-state index contributed by atoms with van der Waals surface area (Å²) in [4.78, 5) is 43.6. The van der Waals surface area contributed by atoms with Crippen LogP contribution in [0.3, 0.4) is 0 Å². The van der Waals surface area contributed by atoms with E-state index in [0.717, 1.165) is 15.3 Å². The minimum atomic E-state index is -2.81. The molecule has 0 saturated carbocycles. The first-order valence-corrected chi connectivity index (χ1v) is 14.3. The van der Waals surface area contributed by atoms with Crippen LogP contribution in [0.25, 0.3) is 5.57 Å². The second kappa shape index (κ2) is 12.5. The number of hydrogen-bond acceptors (Lipinski definition) is 8. The average Bonchev–Trinajstić information content (AvgIpc) is 3.02. The van der Waals surface area contributed by atoms with Gasteiger partial charge in [0.1, 0.15) is 5.56 Å². The molecule has 0 spiro atoms. The summed E-state index contributed by atoms with van der Waals surface area (Å²) in [5, 5.41) is 13.4. The SMILES string of the molecule is COc1nc(C2(NC(=O)c3cn(C)c(=O)n(C)c3=O)C=CC=C(c3ccccc3)C2(F)Cl)ccc1CN[C@@H]1CCOC[C@@H]1O. The number of ether oxygens (including phenoxy) is 2. The van der Waals surface area contributed by atoms with Crippen molar-refractivity contribution in [3.63, 3.8) is 0 Å². The number of methoxy groups -OCH3 is 1. The molecule has 2 aromatic heterocycles. The Bertz CT molecular complexity index is 1740. The van der Waals surface area contributed by atoms with Crippen LogP contribution in [0.15, 0.2) is 76.5 Å². The van der Waals surface area contributed by atoms with Crippen LogP contribution in [0, 0.1) is 0 Å². The van der Waals surface area contributed by atoms with E-state index in [1.165, 1.54) is 39.4 Å². The highest BCUT2D eigenvalue weighted by Gasteiger charge is 2.57. The third-order valence-electron chi connectivity index (χ3n) is 7.95. The van der Waals surface area contributed by atoms with Crippen molar-refractivity contribution in [1.29, 1.82) is 0 Å². The lowest BCUT2D eigenvalue weighted by molar-refractivity contribution is -0.0281. The van der Waals surface area contributed by atoms with Crippen molar-refractivity contribution in [2.45, 2.75) is 35.8 Å². The molecule has 0 radical (unpaired) electrons. The van der Waals surface area contributed by atoms with Crippen LogP contribution in [0.5, 0.6) is 5.88 Å². The number of aliphatic hydroxyl groups excluding tert-OH is 1. The number of aryl methyl sites for hydroxylation is 1. The highest BCUT2D eigenvalue weighted by molar-refractivity contribution is 6.31. The fraction of sp³-hybridized carbons (Fsp3) is 0.355. The maximum absolute atomic E-state index is 17.4. The minimum Gasteiger partial charge on any atom is -0.481 e. The summed E-state index contributed by atoms with van der Waals surface area (Å²) in [6, 6.07) is 11.6. The molecule has 1 fully saturated rings. The summed E-state index contributed by atoms with van der Waals surface area (Å²) in [6.07, 6.45) is 5.46. The van der Waals surface area contributed by atoms with Crippen LogP contribution >= 0.6 is 11.6 Å². The molecule has 4 atom stereocenters. The van der Waals surface area contributed by atoms with Gasteiger partial charge in [0.25, 0.3) is 11.5 Å². The van der Waals surface area contributed by atoms with Gasteiger partial charge in [-0.3, -0.25) is 14.2 Å². The van der Waals surface area contributed by atoms with E-state index in [1.54, 1.807) is 42.5 Å². The largest absolute Gasteiger partial charge is 0.481 e. The number of carbonyl (C=O) groups is 1. The Kier molecular flexibility index (Phi) is 8.89. The lowest BCUT2D eigenvalue weighted by atomic mass is 9.78. The number of rotatable bonds is 8. The van der Waals surface area contributed by atoms with Gasteiger partial charge in [-0.2, -0.15) is 0 Å². The number of benzene rings is 1. The Hall–Kier alpha value is -4.10. The molecule has 2 aliphatic rings. The smallest absolute Gasteiger partial charge is 0.330 e. The van der Waals surface area contributed by atoms with Gasteiger partial charge in [0.2, 0.25) is 11.0 Å². The normalized spacial score (nSPS) is 24.9. The van der Waals surface area contributed by atoms with Crippen LogP contribution in [-0.2, 0) is 30.9 Å². The molecule has 1 amide bonds. The molecule has 3 heterocycles. The minimum absolute atomic E-state index is 0.00511. The topological polar surface area (TPSA) is 137 Å². The lowest BCUT2D eigenvalue weighted by Crippen LogP contribution is -2.58. The van der Waals surface area contributed by atoms with Crippen molar-refractivity contribution < 1.29 is 23.8 Å². The standard InChI is InChI=1S/C31H33ClFN5O6/c1-37-17-21(28(41)38(2)29(37)42)26(40)36-30(14-7-10-22(31(30,32)33)19-8-5-4-6-9-19)25-12-11-20(27(35-25)43-3)16-34-23-13-15-44-18-24(23)39/h4-12,14,17,23-24,34,39H,13,15-16,18H2,1-3H3,(H,36,40)/t23-,24+,30?,31?/m1/s1. The van der Waals surface area contributed by atoms with Crippen molar-refractivity contribution in [2.24, 2.45) is 14.1 Å². The van der Waals surface area contributed by atoms with E-state index in [-0.39, 0.29) is 36.3 Å². The number of amides is 1. The maximum atomic E-state index is 17.4. The van der Waals surface area contributed by atoms with Crippen molar-refractivity contribution in [1.82, 2.24) is 24.8 Å². The van der Waals surface area contributed by atoms with Gasteiger partial charge < -0.3 is 29.8 Å². The Labute approximate surface area is 257 Å². The van der Waals surface area contributed by atoms with E-state index in [2.05, 4.69) is 15.6 Å². The fourth-order valence-corrected chi connectivity index (χ4v) is 5.83. The number of carbonyl (C=O) groups excluding carboxylic acids is 1. The summed E-state index contributed by atoms with van der Waals surface area (Å²) in [6.45, 7) is 1.02. The maximum Gasteiger partial charge on any atom is 0.330 e. The number of pyridine rings is 1. The van der Waals surface area contributed by atoms with Crippen LogP contribution in [0.1, 0.15) is 33.6 Å². The molecular formula is C31H33ClFN5O6. The van der Waals surface area contributed by atoms with E-state index in [1.807, 2.05) is 0 Å². The second-order valence-electron chi connectivity index (χ2n) is 10.7. The van der Waals surface area contributed by atoms with Crippen LogP contribution in [0.2, 0.25) is 0 Å². The summed E-state index contributed by atoms with van der Waals surface area (Å²) >= 11 is 6.83. The first kappa shape index (κ1) is 31.3. The molecule has 44 heavy (non-hydrogen) atoms. The third-order valence-corrected chi connectivity index (χ3v) is 8.45. The molecular weight excluding hydrogens is 593 g/mol. The van der Waals surface area contributed by atoms with Crippen molar-refractivity contribution >= 4 is 23.1 Å². The van der Waals surface area contributed by atoms with Crippen molar-refractivity contribution in [2.75, 3.05) is 20.3 Å². The molecule has 1 aliphatic carbocycles. The molecule has 232 valence electrons. The molecule has 5 rings (SSSR count). The van der Waals surface area contributed by atoms with Gasteiger partial charge in [0.15, 0.2) is 5.54 Å². The van der Waals surface area contributed by atoms with E-state index in [4.69, 9.17) is 21.1 Å². The number of nitrogens with zero attached hydrogens (tertiary/aromatic N) is 3. The fourth-order valence-electron chi connectivity index (χ4n) is 5.45. The van der Waals surface area contributed by atoms with Crippen LogP contribution in [0.4, 0.5) is 4.39 Å². The van der Waals surface area contributed by atoms with Gasteiger partial charge in [-0.15, -0.1) is 0 Å². The van der Waals surface area contributed by atoms with Crippen molar-refractivity contribution in [3.05, 3.63) is 110 Å². The number of halogens is 2. The Morgan fingerprint density at radius 1 is 1.23 bits per heavy atom. The quantitative estimate of drug-likeness (QED) is 0.323. The highest BCUT2D eigenvalue weighted by Crippen LogP contribution is 2.51. The number of allylic oxidation sites excluding steroid dienone is 2. The Morgan fingerprint density at radius 3 is 2.68 bits per heavy atom. The van der Waals surface area contributed by atoms with Gasteiger partial charge in [-0.1, -0.05) is 60.2 Å². The predicted octanol–water partition coefficient (Wildman–Crippen LogP) is 1.91. The van der Waals surface area contributed by atoms with E-state index in [0.29, 0.717) is 24.2 Å². The average molecular weight is 626 g/mol.